The number of hydrogen-bond donors (Lipinski definition) is 2. The number of likely N-dealkylation sites (tertiary alicyclic amines) is 1. The van der Waals surface area contributed by atoms with E-state index < -0.39 is 11.6 Å². The Kier molecular flexibility index (Phi) is 6.94. The summed E-state index contributed by atoms with van der Waals surface area (Å²) in [7, 11) is 0. The summed E-state index contributed by atoms with van der Waals surface area (Å²) in [5.41, 5.74) is 5.66. The Morgan fingerprint density at radius 3 is 2.81 bits per heavy atom. The van der Waals surface area contributed by atoms with Crippen LogP contribution in [0, 0.1) is 23.5 Å². The van der Waals surface area contributed by atoms with Gasteiger partial charge in [0.1, 0.15) is 11.6 Å². The van der Waals surface area contributed by atoms with Gasteiger partial charge in [0.2, 0.25) is 11.8 Å². The molecule has 2 fully saturated rings. The zero-order chi connectivity index (χ0) is 18.0. The molecule has 0 aromatic heterocycles. The standard InChI is InChI=1S/C18H23F2N3O2.ClH/c19-12-3-4-16(20)14(8-12)13-9-15(13)18(25)23-7-1-2-11(10-23)17(24)22-6-5-21;/h3-4,8,11,13,15H,1-2,5-7,9-10,21H2,(H,22,24);1H. The number of piperidine rings is 1. The first-order valence-electron chi connectivity index (χ1n) is 8.72. The molecule has 5 nitrogen and oxygen atoms in total. The molecule has 3 atom stereocenters. The van der Waals surface area contributed by atoms with Gasteiger partial charge in [0, 0.05) is 32.1 Å². The lowest BCUT2D eigenvalue weighted by atomic mass is 9.96. The molecular formula is C18H24ClF2N3O2. The van der Waals surface area contributed by atoms with Crippen molar-refractivity contribution < 1.29 is 18.4 Å². The number of nitrogens with zero attached hydrogens (tertiary/aromatic N) is 1. The number of halogens is 3. The number of rotatable bonds is 5. The molecule has 1 heterocycles. The first-order valence-corrected chi connectivity index (χ1v) is 8.72. The quantitative estimate of drug-likeness (QED) is 0.809. The molecule has 2 amide bonds. The molecule has 0 bridgehead atoms. The minimum Gasteiger partial charge on any atom is -0.355 e. The summed E-state index contributed by atoms with van der Waals surface area (Å²) in [6.45, 7) is 1.79. The van der Waals surface area contributed by atoms with Crippen LogP contribution in [0.4, 0.5) is 8.78 Å². The molecule has 1 aromatic rings. The van der Waals surface area contributed by atoms with Crippen molar-refractivity contribution in [2.75, 3.05) is 26.2 Å². The summed E-state index contributed by atoms with van der Waals surface area (Å²) in [5, 5.41) is 2.76. The van der Waals surface area contributed by atoms with Crippen molar-refractivity contribution in [1.82, 2.24) is 10.2 Å². The lowest BCUT2D eigenvalue weighted by Gasteiger charge is -2.32. The topological polar surface area (TPSA) is 75.4 Å². The van der Waals surface area contributed by atoms with Gasteiger partial charge in [-0.05, 0) is 48.9 Å². The highest BCUT2D eigenvalue weighted by Gasteiger charge is 2.47. The van der Waals surface area contributed by atoms with Crippen LogP contribution in [0.3, 0.4) is 0 Å². The Morgan fingerprint density at radius 2 is 2.08 bits per heavy atom. The van der Waals surface area contributed by atoms with E-state index in [1.54, 1.807) is 4.90 Å². The lowest BCUT2D eigenvalue weighted by Crippen LogP contribution is -2.46. The Hall–Kier alpha value is -1.73. The SMILES string of the molecule is Cl.NCCNC(=O)C1CCCN(C(=O)C2CC2c2cc(F)ccc2F)C1. The predicted octanol–water partition coefficient (Wildman–Crippen LogP) is 1.80. The van der Waals surface area contributed by atoms with Crippen LogP contribution in [0.15, 0.2) is 18.2 Å². The normalized spacial score (nSPS) is 24.6. The van der Waals surface area contributed by atoms with Gasteiger partial charge in [-0.2, -0.15) is 0 Å². The van der Waals surface area contributed by atoms with Crippen LogP contribution in [-0.4, -0.2) is 42.9 Å². The third-order valence-electron chi connectivity index (χ3n) is 5.01. The molecule has 3 unspecified atom stereocenters. The van der Waals surface area contributed by atoms with Crippen molar-refractivity contribution in [3.8, 4) is 0 Å². The van der Waals surface area contributed by atoms with Gasteiger partial charge < -0.3 is 16.0 Å². The van der Waals surface area contributed by atoms with Crippen molar-refractivity contribution >= 4 is 24.2 Å². The van der Waals surface area contributed by atoms with E-state index in [1.165, 1.54) is 6.07 Å². The number of hydrogen-bond acceptors (Lipinski definition) is 3. The molecule has 8 heteroatoms. The largest absolute Gasteiger partial charge is 0.355 e. The minimum atomic E-state index is -0.496. The van der Waals surface area contributed by atoms with E-state index in [9.17, 15) is 18.4 Å². The van der Waals surface area contributed by atoms with Gasteiger partial charge in [0.25, 0.3) is 0 Å². The number of nitrogens with two attached hydrogens (primary N) is 1. The fraction of sp³-hybridized carbons (Fsp3) is 0.556. The van der Waals surface area contributed by atoms with Gasteiger partial charge in [-0.15, -0.1) is 12.4 Å². The Morgan fingerprint density at radius 1 is 1.31 bits per heavy atom. The third kappa shape index (κ3) is 4.51. The maximum Gasteiger partial charge on any atom is 0.226 e. The van der Waals surface area contributed by atoms with Crippen LogP contribution >= 0.6 is 12.4 Å². The molecule has 3 rings (SSSR count). The second kappa shape index (κ2) is 8.77. The summed E-state index contributed by atoms with van der Waals surface area (Å²) in [5.74, 6) is -1.93. The van der Waals surface area contributed by atoms with Gasteiger partial charge in [0.15, 0.2) is 0 Å². The van der Waals surface area contributed by atoms with Crippen LogP contribution in [0.5, 0.6) is 0 Å². The number of amides is 2. The fourth-order valence-electron chi connectivity index (χ4n) is 3.58. The van der Waals surface area contributed by atoms with E-state index in [-0.39, 0.29) is 47.5 Å². The fourth-order valence-corrected chi connectivity index (χ4v) is 3.58. The molecule has 1 aromatic carbocycles. The van der Waals surface area contributed by atoms with E-state index in [1.807, 2.05) is 0 Å². The van der Waals surface area contributed by atoms with Gasteiger partial charge in [-0.25, -0.2) is 8.78 Å². The van der Waals surface area contributed by atoms with Crippen molar-refractivity contribution in [2.24, 2.45) is 17.6 Å². The Balaban J connectivity index is 0.00000243. The van der Waals surface area contributed by atoms with E-state index in [4.69, 9.17) is 5.73 Å². The highest BCUT2D eigenvalue weighted by atomic mass is 35.5. The summed E-state index contributed by atoms with van der Waals surface area (Å²) in [6, 6.07) is 3.35. The zero-order valence-electron chi connectivity index (χ0n) is 14.4. The second-order valence-corrected chi connectivity index (χ2v) is 6.82. The highest BCUT2D eigenvalue weighted by molar-refractivity contribution is 5.85. The predicted molar refractivity (Wildman–Crippen MR) is 95.8 cm³/mol. The van der Waals surface area contributed by atoms with Crippen LogP contribution in [0.2, 0.25) is 0 Å². The molecular weight excluding hydrogens is 364 g/mol. The maximum atomic E-state index is 13.9. The number of carbonyl (C=O) groups excluding carboxylic acids is 2. The summed E-state index contributed by atoms with van der Waals surface area (Å²) in [6.07, 6.45) is 2.03. The summed E-state index contributed by atoms with van der Waals surface area (Å²) in [4.78, 5) is 26.5. The van der Waals surface area contributed by atoms with Crippen molar-refractivity contribution in [2.45, 2.75) is 25.2 Å². The number of benzene rings is 1. The van der Waals surface area contributed by atoms with Crippen LogP contribution in [0.25, 0.3) is 0 Å². The van der Waals surface area contributed by atoms with Crippen LogP contribution in [0.1, 0.15) is 30.7 Å². The summed E-state index contributed by atoms with van der Waals surface area (Å²) >= 11 is 0. The highest BCUT2D eigenvalue weighted by Crippen LogP contribution is 2.49. The number of carbonyl (C=O) groups is 2. The van der Waals surface area contributed by atoms with Crippen molar-refractivity contribution in [3.05, 3.63) is 35.4 Å². The molecule has 144 valence electrons. The first-order chi connectivity index (χ1) is 12.0. The molecule has 26 heavy (non-hydrogen) atoms. The van der Waals surface area contributed by atoms with E-state index in [2.05, 4.69) is 5.32 Å². The van der Waals surface area contributed by atoms with Crippen LogP contribution in [-0.2, 0) is 9.59 Å². The lowest BCUT2D eigenvalue weighted by molar-refractivity contribution is -0.136. The second-order valence-electron chi connectivity index (χ2n) is 6.82. The third-order valence-corrected chi connectivity index (χ3v) is 5.01. The minimum absolute atomic E-state index is 0. The van der Waals surface area contributed by atoms with E-state index in [0.717, 1.165) is 25.0 Å². The van der Waals surface area contributed by atoms with Gasteiger partial charge in [0.05, 0.1) is 5.92 Å². The molecule has 0 spiro atoms. The smallest absolute Gasteiger partial charge is 0.226 e. The van der Waals surface area contributed by atoms with Crippen LogP contribution < -0.4 is 11.1 Å². The number of nitrogens with one attached hydrogen (secondary N) is 1. The molecule has 1 aliphatic carbocycles. The molecule has 1 saturated heterocycles. The van der Waals surface area contributed by atoms with Gasteiger partial charge >= 0.3 is 0 Å². The van der Waals surface area contributed by atoms with E-state index >= 15 is 0 Å². The first kappa shape index (κ1) is 20.6. The Bertz CT molecular complexity index is 674. The molecule has 1 aliphatic heterocycles. The zero-order valence-corrected chi connectivity index (χ0v) is 15.2. The molecule has 1 saturated carbocycles. The maximum absolute atomic E-state index is 13.9. The average molecular weight is 388 g/mol. The molecule has 2 aliphatic rings. The van der Waals surface area contributed by atoms with E-state index in [0.29, 0.717) is 32.6 Å². The van der Waals surface area contributed by atoms with Crippen molar-refractivity contribution in [1.29, 1.82) is 0 Å². The average Bonchev–Trinajstić information content (AvgIpc) is 3.41. The summed E-state index contributed by atoms with van der Waals surface area (Å²) < 4.78 is 27.2. The van der Waals surface area contributed by atoms with Gasteiger partial charge in [-0.3, -0.25) is 9.59 Å². The molecule has 0 radical (unpaired) electrons. The Labute approximate surface area is 157 Å². The van der Waals surface area contributed by atoms with Gasteiger partial charge in [-0.1, -0.05) is 0 Å². The molecule has 3 N–H and O–H groups in total. The monoisotopic (exact) mass is 387 g/mol. The van der Waals surface area contributed by atoms with Crippen molar-refractivity contribution in [3.63, 3.8) is 0 Å².